The lowest BCUT2D eigenvalue weighted by molar-refractivity contribution is -0.136. The van der Waals surface area contributed by atoms with Crippen molar-refractivity contribution in [1.29, 1.82) is 0 Å². The van der Waals surface area contributed by atoms with E-state index in [9.17, 15) is 4.79 Å². The molecule has 2 aromatic rings. The largest absolute Gasteiger partial charge is 0.481 e. The molecular weight excluding hydrogens is 180 g/mol. The molecular formula is C10H10N2O2. The molecule has 2 rings (SSSR count). The number of H-pyrrole nitrogens is 1. The van der Waals surface area contributed by atoms with E-state index >= 15 is 0 Å². The average Bonchev–Trinajstić information content (AvgIpc) is 2.44. The summed E-state index contributed by atoms with van der Waals surface area (Å²) in [7, 11) is 0. The van der Waals surface area contributed by atoms with Gasteiger partial charge in [-0.05, 0) is 24.6 Å². The third-order valence-electron chi connectivity index (χ3n) is 2.01. The highest BCUT2D eigenvalue weighted by molar-refractivity contribution is 5.77. The van der Waals surface area contributed by atoms with Crippen molar-refractivity contribution in [3.05, 3.63) is 29.6 Å². The molecule has 72 valence electrons. The average molecular weight is 190 g/mol. The molecule has 0 fully saturated rings. The number of carboxylic acid groups (broad SMARTS) is 1. The van der Waals surface area contributed by atoms with Crippen LogP contribution in [0.4, 0.5) is 0 Å². The minimum atomic E-state index is -0.874. The summed E-state index contributed by atoms with van der Waals surface area (Å²) < 4.78 is 0. The predicted molar refractivity (Wildman–Crippen MR) is 52.2 cm³/mol. The maximum absolute atomic E-state index is 10.5. The number of aromatic nitrogens is 2. The molecule has 4 nitrogen and oxygen atoms in total. The van der Waals surface area contributed by atoms with Gasteiger partial charge < -0.3 is 10.1 Å². The van der Waals surface area contributed by atoms with Gasteiger partial charge in [0.1, 0.15) is 12.2 Å². The number of nitrogens with one attached hydrogen (secondary N) is 1. The Hall–Kier alpha value is -1.84. The van der Waals surface area contributed by atoms with E-state index in [-0.39, 0.29) is 6.42 Å². The minimum absolute atomic E-state index is 0.0618. The van der Waals surface area contributed by atoms with Crippen LogP contribution in [0.5, 0.6) is 0 Å². The summed E-state index contributed by atoms with van der Waals surface area (Å²) in [5.74, 6) is -0.376. The van der Waals surface area contributed by atoms with Crippen molar-refractivity contribution in [2.75, 3.05) is 0 Å². The van der Waals surface area contributed by atoms with Crippen LogP contribution < -0.4 is 0 Å². The van der Waals surface area contributed by atoms with Crippen molar-refractivity contribution >= 4 is 17.0 Å². The second-order valence-electron chi connectivity index (χ2n) is 3.27. The SMILES string of the molecule is Cc1ccc2nc(CC(=O)O)[nH]c2c1. The quantitative estimate of drug-likeness (QED) is 0.754. The smallest absolute Gasteiger partial charge is 0.311 e. The van der Waals surface area contributed by atoms with Crippen LogP contribution in [0.1, 0.15) is 11.4 Å². The Morgan fingerprint density at radius 2 is 2.36 bits per heavy atom. The van der Waals surface area contributed by atoms with Crippen molar-refractivity contribution in [2.24, 2.45) is 0 Å². The molecule has 1 aromatic carbocycles. The van der Waals surface area contributed by atoms with Crippen LogP contribution >= 0.6 is 0 Å². The number of fused-ring (bicyclic) bond motifs is 1. The van der Waals surface area contributed by atoms with E-state index in [2.05, 4.69) is 9.97 Å². The fourth-order valence-corrected chi connectivity index (χ4v) is 1.40. The first-order valence-electron chi connectivity index (χ1n) is 4.32. The Kier molecular flexibility index (Phi) is 1.96. The number of carboxylic acids is 1. The van der Waals surface area contributed by atoms with E-state index in [1.807, 2.05) is 25.1 Å². The second kappa shape index (κ2) is 3.14. The number of carbonyl (C=O) groups is 1. The predicted octanol–water partition coefficient (Wildman–Crippen LogP) is 1.50. The number of hydrogen-bond donors (Lipinski definition) is 2. The van der Waals surface area contributed by atoms with Crippen LogP contribution in [0, 0.1) is 6.92 Å². The number of nitrogens with zero attached hydrogens (tertiary/aromatic N) is 1. The zero-order valence-corrected chi connectivity index (χ0v) is 7.74. The summed E-state index contributed by atoms with van der Waals surface area (Å²) in [4.78, 5) is 17.6. The maximum Gasteiger partial charge on any atom is 0.311 e. The van der Waals surface area contributed by atoms with Crippen LogP contribution in [-0.4, -0.2) is 21.0 Å². The molecule has 0 saturated carbocycles. The van der Waals surface area contributed by atoms with Gasteiger partial charge in [-0.25, -0.2) is 4.98 Å². The van der Waals surface area contributed by atoms with Crippen molar-refractivity contribution in [3.8, 4) is 0 Å². The number of rotatable bonds is 2. The van der Waals surface area contributed by atoms with Crippen molar-refractivity contribution in [3.63, 3.8) is 0 Å². The second-order valence-corrected chi connectivity index (χ2v) is 3.27. The van der Waals surface area contributed by atoms with Crippen molar-refractivity contribution < 1.29 is 9.90 Å². The van der Waals surface area contributed by atoms with Crippen LogP contribution in [0.3, 0.4) is 0 Å². The Balaban J connectivity index is 2.46. The Labute approximate surface area is 80.6 Å². The number of aliphatic carboxylic acids is 1. The molecule has 0 bridgehead atoms. The molecule has 0 unspecified atom stereocenters. The number of benzene rings is 1. The third kappa shape index (κ3) is 1.59. The molecule has 0 aliphatic rings. The van der Waals surface area contributed by atoms with Crippen LogP contribution in [0.25, 0.3) is 11.0 Å². The summed E-state index contributed by atoms with van der Waals surface area (Å²) in [6, 6.07) is 5.79. The van der Waals surface area contributed by atoms with E-state index in [0.29, 0.717) is 5.82 Å². The Morgan fingerprint density at radius 1 is 1.57 bits per heavy atom. The molecule has 1 heterocycles. The highest BCUT2D eigenvalue weighted by Gasteiger charge is 2.06. The first kappa shape index (κ1) is 8.74. The van der Waals surface area contributed by atoms with Crippen LogP contribution in [0.2, 0.25) is 0 Å². The summed E-state index contributed by atoms with van der Waals surface area (Å²) >= 11 is 0. The zero-order valence-electron chi connectivity index (χ0n) is 7.74. The molecule has 0 saturated heterocycles. The van der Waals surface area contributed by atoms with Gasteiger partial charge >= 0.3 is 5.97 Å². The van der Waals surface area contributed by atoms with Gasteiger partial charge in [0.25, 0.3) is 0 Å². The molecule has 0 aliphatic heterocycles. The van der Waals surface area contributed by atoms with Gasteiger partial charge in [0.15, 0.2) is 0 Å². The number of imidazole rings is 1. The van der Waals surface area contributed by atoms with Crippen LogP contribution in [0.15, 0.2) is 18.2 Å². The Bertz CT molecular complexity index is 488. The van der Waals surface area contributed by atoms with Crippen molar-refractivity contribution in [1.82, 2.24) is 9.97 Å². The van der Waals surface area contributed by atoms with Gasteiger partial charge in [-0.1, -0.05) is 6.07 Å². The lowest BCUT2D eigenvalue weighted by Crippen LogP contribution is -2.01. The van der Waals surface area contributed by atoms with Gasteiger partial charge in [-0.3, -0.25) is 4.79 Å². The lowest BCUT2D eigenvalue weighted by atomic mass is 10.2. The molecule has 4 heteroatoms. The van der Waals surface area contributed by atoms with E-state index in [1.165, 1.54) is 0 Å². The molecule has 0 aliphatic carbocycles. The van der Waals surface area contributed by atoms with E-state index in [1.54, 1.807) is 0 Å². The van der Waals surface area contributed by atoms with Crippen LogP contribution in [-0.2, 0) is 11.2 Å². The molecule has 14 heavy (non-hydrogen) atoms. The van der Waals surface area contributed by atoms with E-state index in [0.717, 1.165) is 16.6 Å². The first-order valence-corrected chi connectivity index (χ1v) is 4.32. The van der Waals surface area contributed by atoms with Gasteiger partial charge in [0.05, 0.1) is 11.0 Å². The molecule has 0 amide bonds. The molecule has 1 aromatic heterocycles. The summed E-state index contributed by atoms with van der Waals surface area (Å²) in [6.45, 7) is 1.98. The standard InChI is InChI=1S/C10H10N2O2/c1-6-2-3-7-8(4-6)12-9(11-7)5-10(13)14/h2-4H,5H2,1H3,(H,11,12)(H,13,14). The molecule has 2 N–H and O–H groups in total. The summed E-state index contributed by atoms with van der Waals surface area (Å²) in [5, 5.41) is 8.59. The van der Waals surface area contributed by atoms with E-state index < -0.39 is 5.97 Å². The van der Waals surface area contributed by atoms with Gasteiger partial charge in [0.2, 0.25) is 0 Å². The number of aryl methyl sites for hydroxylation is 1. The highest BCUT2D eigenvalue weighted by Crippen LogP contribution is 2.13. The summed E-state index contributed by atoms with van der Waals surface area (Å²) in [6.07, 6.45) is -0.0618. The van der Waals surface area contributed by atoms with Gasteiger partial charge in [-0.2, -0.15) is 0 Å². The Morgan fingerprint density at radius 3 is 3.07 bits per heavy atom. The maximum atomic E-state index is 10.5. The highest BCUT2D eigenvalue weighted by atomic mass is 16.4. The normalized spacial score (nSPS) is 10.6. The lowest BCUT2D eigenvalue weighted by Gasteiger charge is -1.89. The molecule has 0 spiro atoms. The van der Waals surface area contributed by atoms with Gasteiger partial charge in [-0.15, -0.1) is 0 Å². The first-order chi connectivity index (χ1) is 6.65. The fraction of sp³-hybridized carbons (Fsp3) is 0.200. The zero-order chi connectivity index (χ0) is 10.1. The number of aromatic amines is 1. The van der Waals surface area contributed by atoms with E-state index in [4.69, 9.17) is 5.11 Å². The topological polar surface area (TPSA) is 66.0 Å². The van der Waals surface area contributed by atoms with Gasteiger partial charge in [0, 0.05) is 0 Å². The summed E-state index contributed by atoms with van der Waals surface area (Å²) in [5.41, 5.74) is 2.83. The third-order valence-corrected chi connectivity index (χ3v) is 2.01. The molecule has 0 radical (unpaired) electrons. The number of hydrogen-bond acceptors (Lipinski definition) is 2. The fourth-order valence-electron chi connectivity index (χ4n) is 1.40. The monoisotopic (exact) mass is 190 g/mol. The minimum Gasteiger partial charge on any atom is -0.481 e. The van der Waals surface area contributed by atoms with Crippen molar-refractivity contribution in [2.45, 2.75) is 13.3 Å². The molecule has 0 atom stereocenters.